The lowest BCUT2D eigenvalue weighted by Gasteiger charge is -2.34. The number of amides is 1. The fourth-order valence-corrected chi connectivity index (χ4v) is 3.50. The lowest BCUT2D eigenvalue weighted by molar-refractivity contribution is -0.200. The highest BCUT2D eigenvalue weighted by molar-refractivity contribution is 5.79. The van der Waals surface area contributed by atoms with E-state index in [0.29, 0.717) is 38.8 Å². The first kappa shape index (κ1) is 15.6. The van der Waals surface area contributed by atoms with Crippen molar-refractivity contribution in [3.63, 3.8) is 0 Å². The number of hydrogen-bond acceptors (Lipinski definition) is 2. The molecular weight excluding hydrogens is 271 g/mol. The van der Waals surface area contributed by atoms with Gasteiger partial charge in [0.2, 0.25) is 5.91 Å². The number of aliphatic hydroxyl groups excluding tert-OH is 1. The SMILES string of the molecule is O=C(C1CCCCC1C(F)(F)F)N1CCC(CCO)C1. The predicted octanol–water partition coefficient (Wildman–Crippen LogP) is 2.59. The Kier molecular flexibility index (Phi) is 4.94. The molecule has 6 heteroatoms. The number of hydrogen-bond donors (Lipinski definition) is 1. The summed E-state index contributed by atoms with van der Waals surface area (Å²) in [4.78, 5) is 13.9. The molecule has 1 aliphatic heterocycles. The van der Waals surface area contributed by atoms with Gasteiger partial charge in [-0.05, 0) is 31.6 Å². The molecule has 2 aliphatic rings. The summed E-state index contributed by atoms with van der Waals surface area (Å²) in [6.45, 7) is 1.10. The van der Waals surface area contributed by atoms with Gasteiger partial charge in [-0.25, -0.2) is 0 Å². The summed E-state index contributed by atoms with van der Waals surface area (Å²) in [6, 6.07) is 0. The zero-order chi connectivity index (χ0) is 14.8. The molecular formula is C14H22F3NO2. The van der Waals surface area contributed by atoms with Crippen LogP contribution in [0, 0.1) is 17.8 Å². The quantitative estimate of drug-likeness (QED) is 0.869. The topological polar surface area (TPSA) is 40.5 Å². The van der Waals surface area contributed by atoms with Crippen molar-refractivity contribution >= 4 is 5.91 Å². The number of aliphatic hydroxyl groups is 1. The molecule has 0 spiro atoms. The van der Waals surface area contributed by atoms with Crippen LogP contribution in [-0.2, 0) is 4.79 Å². The van der Waals surface area contributed by atoms with E-state index in [4.69, 9.17) is 5.11 Å². The van der Waals surface area contributed by atoms with Gasteiger partial charge in [-0.1, -0.05) is 12.8 Å². The molecule has 116 valence electrons. The summed E-state index contributed by atoms with van der Waals surface area (Å²) in [6.07, 6.45) is -1.17. The molecule has 1 N–H and O–H groups in total. The molecule has 3 unspecified atom stereocenters. The summed E-state index contributed by atoms with van der Waals surface area (Å²) in [7, 11) is 0. The lowest BCUT2D eigenvalue weighted by Crippen LogP contribution is -2.43. The normalized spacial score (nSPS) is 31.6. The molecule has 2 fully saturated rings. The number of alkyl halides is 3. The van der Waals surface area contributed by atoms with Crippen molar-refractivity contribution in [1.29, 1.82) is 0 Å². The number of nitrogens with zero attached hydrogens (tertiary/aromatic N) is 1. The minimum absolute atomic E-state index is 0.0707. The van der Waals surface area contributed by atoms with Gasteiger partial charge >= 0.3 is 6.18 Å². The molecule has 1 saturated carbocycles. The number of halogens is 3. The van der Waals surface area contributed by atoms with Gasteiger partial charge in [0, 0.05) is 25.6 Å². The van der Waals surface area contributed by atoms with Crippen LogP contribution in [0.3, 0.4) is 0 Å². The van der Waals surface area contributed by atoms with Crippen molar-refractivity contribution < 1.29 is 23.1 Å². The van der Waals surface area contributed by atoms with Crippen LogP contribution in [0.1, 0.15) is 38.5 Å². The first-order chi connectivity index (χ1) is 9.43. The Morgan fingerprint density at radius 1 is 1.20 bits per heavy atom. The van der Waals surface area contributed by atoms with Gasteiger partial charge in [0.05, 0.1) is 5.92 Å². The zero-order valence-corrected chi connectivity index (χ0v) is 11.5. The van der Waals surface area contributed by atoms with Crippen molar-refractivity contribution in [2.75, 3.05) is 19.7 Å². The van der Waals surface area contributed by atoms with Crippen molar-refractivity contribution in [1.82, 2.24) is 4.90 Å². The fraction of sp³-hybridized carbons (Fsp3) is 0.929. The monoisotopic (exact) mass is 293 g/mol. The zero-order valence-electron chi connectivity index (χ0n) is 11.5. The van der Waals surface area contributed by atoms with E-state index >= 15 is 0 Å². The molecule has 20 heavy (non-hydrogen) atoms. The van der Waals surface area contributed by atoms with Crippen LogP contribution in [0.2, 0.25) is 0 Å². The van der Waals surface area contributed by atoms with Gasteiger partial charge in [-0.3, -0.25) is 4.79 Å². The second-order valence-electron chi connectivity index (χ2n) is 5.99. The Morgan fingerprint density at radius 2 is 1.90 bits per heavy atom. The molecule has 1 heterocycles. The predicted molar refractivity (Wildman–Crippen MR) is 67.9 cm³/mol. The highest BCUT2D eigenvalue weighted by atomic mass is 19.4. The van der Waals surface area contributed by atoms with Crippen LogP contribution >= 0.6 is 0 Å². The highest BCUT2D eigenvalue weighted by Gasteiger charge is 2.49. The molecule has 0 bridgehead atoms. The smallest absolute Gasteiger partial charge is 0.392 e. The average molecular weight is 293 g/mol. The van der Waals surface area contributed by atoms with E-state index in [1.54, 1.807) is 4.90 Å². The summed E-state index contributed by atoms with van der Waals surface area (Å²) in [5.74, 6) is -2.46. The number of rotatable bonds is 3. The summed E-state index contributed by atoms with van der Waals surface area (Å²) in [5.41, 5.74) is 0. The summed E-state index contributed by atoms with van der Waals surface area (Å²) >= 11 is 0. The molecule has 1 amide bonds. The van der Waals surface area contributed by atoms with Crippen LogP contribution in [0.4, 0.5) is 13.2 Å². The van der Waals surface area contributed by atoms with E-state index in [1.165, 1.54) is 0 Å². The molecule has 0 aromatic heterocycles. The van der Waals surface area contributed by atoms with Crippen molar-refractivity contribution in [2.24, 2.45) is 17.8 Å². The maximum atomic E-state index is 13.0. The molecule has 0 aromatic carbocycles. The van der Waals surface area contributed by atoms with Crippen LogP contribution < -0.4 is 0 Å². The summed E-state index contributed by atoms with van der Waals surface area (Å²) in [5, 5.41) is 8.90. The standard InChI is InChI=1S/C14H22F3NO2/c15-14(16,17)12-4-2-1-3-11(12)13(20)18-7-5-10(9-18)6-8-19/h10-12,19H,1-9H2. The minimum atomic E-state index is -4.27. The molecule has 0 aromatic rings. The molecule has 3 nitrogen and oxygen atoms in total. The van der Waals surface area contributed by atoms with E-state index in [2.05, 4.69) is 0 Å². The Hall–Kier alpha value is -0.780. The van der Waals surface area contributed by atoms with Gasteiger partial charge in [0.1, 0.15) is 0 Å². The van der Waals surface area contributed by atoms with Gasteiger partial charge in [0.25, 0.3) is 0 Å². The van der Waals surface area contributed by atoms with E-state index < -0.39 is 18.0 Å². The molecule has 1 saturated heterocycles. The van der Waals surface area contributed by atoms with E-state index in [9.17, 15) is 18.0 Å². The first-order valence-electron chi connectivity index (χ1n) is 7.40. The molecule has 2 rings (SSSR count). The van der Waals surface area contributed by atoms with Crippen molar-refractivity contribution in [3.8, 4) is 0 Å². The average Bonchev–Trinajstić information content (AvgIpc) is 2.86. The highest BCUT2D eigenvalue weighted by Crippen LogP contribution is 2.42. The van der Waals surface area contributed by atoms with E-state index in [1.807, 2.05) is 0 Å². The van der Waals surface area contributed by atoms with Gasteiger partial charge < -0.3 is 10.0 Å². The second-order valence-corrected chi connectivity index (χ2v) is 5.99. The Morgan fingerprint density at radius 3 is 2.55 bits per heavy atom. The third-order valence-corrected chi connectivity index (χ3v) is 4.64. The third-order valence-electron chi connectivity index (χ3n) is 4.64. The van der Waals surface area contributed by atoms with Crippen molar-refractivity contribution in [3.05, 3.63) is 0 Å². The number of carbonyl (C=O) groups is 1. The second kappa shape index (κ2) is 6.33. The largest absolute Gasteiger partial charge is 0.396 e. The molecule has 1 aliphatic carbocycles. The van der Waals surface area contributed by atoms with Gasteiger partial charge in [0.15, 0.2) is 0 Å². The van der Waals surface area contributed by atoms with Crippen LogP contribution in [0.15, 0.2) is 0 Å². The summed E-state index contributed by atoms with van der Waals surface area (Å²) < 4.78 is 39.1. The molecule has 3 atom stereocenters. The van der Waals surface area contributed by atoms with Crippen LogP contribution in [0.25, 0.3) is 0 Å². The third kappa shape index (κ3) is 3.45. The van der Waals surface area contributed by atoms with E-state index in [-0.39, 0.29) is 24.9 Å². The Balaban J connectivity index is 2.00. The lowest BCUT2D eigenvalue weighted by atomic mass is 9.78. The number of likely N-dealkylation sites (tertiary alicyclic amines) is 1. The fourth-order valence-electron chi connectivity index (χ4n) is 3.50. The maximum absolute atomic E-state index is 13.0. The first-order valence-corrected chi connectivity index (χ1v) is 7.40. The minimum Gasteiger partial charge on any atom is -0.396 e. The van der Waals surface area contributed by atoms with Crippen LogP contribution in [0.5, 0.6) is 0 Å². The van der Waals surface area contributed by atoms with Gasteiger partial charge in [-0.2, -0.15) is 13.2 Å². The maximum Gasteiger partial charge on any atom is 0.392 e. The van der Waals surface area contributed by atoms with Gasteiger partial charge in [-0.15, -0.1) is 0 Å². The number of carbonyl (C=O) groups excluding carboxylic acids is 1. The van der Waals surface area contributed by atoms with Crippen molar-refractivity contribution in [2.45, 2.75) is 44.7 Å². The molecule has 0 radical (unpaired) electrons. The van der Waals surface area contributed by atoms with Crippen LogP contribution in [-0.4, -0.2) is 41.8 Å². The van der Waals surface area contributed by atoms with E-state index in [0.717, 1.165) is 6.42 Å². The Bertz CT molecular complexity index is 346. The Labute approximate surface area is 117 Å².